The second kappa shape index (κ2) is 12.4. The van der Waals surface area contributed by atoms with Gasteiger partial charge in [-0.15, -0.1) is 71.3 Å². The number of benzene rings is 3. The third kappa shape index (κ3) is 6.82. The SMILES string of the molecule is Cc1c[c-]c(-c2cc(C)c(C)cn2)cc1.Cc1cc(-c2[c-]cccc2)ncc1-c1ccccc1.[Ir]. The maximum atomic E-state index is 4.55. The summed E-state index contributed by atoms with van der Waals surface area (Å²) in [5, 5.41) is 0. The van der Waals surface area contributed by atoms with E-state index in [-0.39, 0.29) is 20.1 Å². The van der Waals surface area contributed by atoms with Gasteiger partial charge >= 0.3 is 0 Å². The molecule has 2 aromatic heterocycles. The molecule has 0 amide bonds. The molecule has 5 aromatic rings. The van der Waals surface area contributed by atoms with E-state index >= 15 is 0 Å². The van der Waals surface area contributed by atoms with Gasteiger partial charge in [0.1, 0.15) is 0 Å². The summed E-state index contributed by atoms with van der Waals surface area (Å²) in [4.78, 5) is 8.96. The minimum Gasteiger partial charge on any atom is -0.304 e. The molecule has 3 aromatic carbocycles. The van der Waals surface area contributed by atoms with Gasteiger partial charge in [-0.05, 0) is 48.8 Å². The van der Waals surface area contributed by atoms with Gasteiger partial charge in [0.25, 0.3) is 0 Å². The fraction of sp³-hybridized carbons (Fsp3) is 0.125. The number of rotatable bonds is 3. The zero-order valence-corrected chi connectivity index (χ0v) is 22.9. The quantitative estimate of drug-likeness (QED) is 0.189. The fourth-order valence-electron chi connectivity index (χ4n) is 3.61. The largest absolute Gasteiger partial charge is 0.304 e. The van der Waals surface area contributed by atoms with Gasteiger partial charge in [0.05, 0.1) is 0 Å². The van der Waals surface area contributed by atoms with Crippen molar-refractivity contribution in [3.63, 3.8) is 0 Å². The zero-order chi connectivity index (χ0) is 23.9. The minimum absolute atomic E-state index is 0. The molecule has 0 spiro atoms. The molecule has 3 heteroatoms. The smallest absolute Gasteiger partial charge is 0.0242 e. The summed E-state index contributed by atoms with van der Waals surface area (Å²) in [6.45, 7) is 8.37. The van der Waals surface area contributed by atoms with E-state index in [4.69, 9.17) is 0 Å². The first-order valence-corrected chi connectivity index (χ1v) is 11.4. The summed E-state index contributed by atoms with van der Waals surface area (Å²) in [5.74, 6) is 0. The third-order valence-electron chi connectivity index (χ3n) is 5.80. The van der Waals surface area contributed by atoms with Crippen molar-refractivity contribution in [1.82, 2.24) is 9.97 Å². The van der Waals surface area contributed by atoms with Crippen LogP contribution in [0.5, 0.6) is 0 Å². The third-order valence-corrected chi connectivity index (χ3v) is 5.80. The van der Waals surface area contributed by atoms with Gasteiger partial charge in [-0.1, -0.05) is 55.0 Å². The molecule has 1 radical (unpaired) electrons. The molecule has 0 aliphatic carbocycles. The summed E-state index contributed by atoms with van der Waals surface area (Å²) < 4.78 is 0. The molecule has 0 saturated carbocycles. The summed E-state index contributed by atoms with van der Waals surface area (Å²) >= 11 is 0. The van der Waals surface area contributed by atoms with E-state index in [1.165, 1.54) is 33.4 Å². The molecule has 0 N–H and O–H groups in total. The average molecular weight is 633 g/mol. The molecule has 0 aliphatic rings. The first kappa shape index (κ1) is 26.2. The van der Waals surface area contributed by atoms with Gasteiger partial charge in [0.2, 0.25) is 0 Å². The van der Waals surface area contributed by atoms with E-state index in [0.29, 0.717) is 0 Å². The predicted molar refractivity (Wildman–Crippen MR) is 141 cm³/mol. The van der Waals surface area contributed by atoms with Gasteiger partial charge in [-0.25, -0.2) is 0 Å². The Balaban J connectivity index is 0.000000195. The summed E-state index contributed by atoms with van der Waals surface area (Å²) in [6.07, 6.45) is 3.86. The Kier molecular flexibility index (Phi) is 9.25. The van der Waals surface area contributed by atoms with Crippen molar-refractivity contribution in [2.75, 3.05) is 0 Å². The van der Waals surface area contributed by atoms with Crippen LogP contribution in [-0.4, -0.2) is 9.97 Å². The van der Waals surface area contributed by atoms with Crippen LogP contribution in [0.3, 0.4) is 0 Å². The fourth-order valence-corrected chi connectivity index (χ4v) is 3.61. The van der Waals surface area contributed by atoms with Crippen LogP contribution in [0.15, 0.2) is 97.3 Å². The summed E-state index contributed by atoms with van der Waals surface area (Å²) in [7, 11) is 0. The number of pyridine rings is 2. The zero-order valence-electron chi connectivity index (χ0n) is 20.5. The van der Waals surface area contributed by atoms with Crippen molar-refractivity contribution in [2.24, 2.45) is 0 Å². The molecule has 2 heterocycles. The molecule has 0 saturated heterocycles. The van der Waals surface area contributed by atoms with E-state index in [9.17, 15) is 0 Å². The average Bonchev–Trinajstić information content (AvgIpc) is 2.88. The monoisotopic (exact) mass is 633 g/mol. The molecule has 0 bridgehead atoms. The maximum Gasteiger partial charge on any atom is 0.0242 e. The number of aryl methyl sites for hydroxylation is 4. The van der Waals surface area contributed by atoms with Crippen molar-refractivity contribution in [3.8, 4) is 33.6 Å². The Labute approximate surface area is 222 Å². The van der Waals surface area contributed by atoms with E-state index in [1.54, 1.807) is 0 Å². The van der Waals surface area contributed by atoms with E-state index in [0.717, 1.165) is 22.5 Å². The van der Waals surface area contributed by atoms with Crippen LogP contribution in [0, 0.1) is 39.8 Å². The number of nitrogens with zero attached hydrogens (tertiary/aromatic N) is 2. The van der Waals surface area contributed by atoms with Crippen molar-refractivity contribution in [3.05, 3.63) is 132 Å². The Morgan fingerprint density at radius 1 is 0.600 bits per heavy atom. The molecule has 0 aliphatic heterocycles. The van der Waals surface area contributed by atoms with Crippen molar-refractivity contribution >= 4 is 0 Å². The Morgan fingerprint density at radius 2 is 1.26 bits per heavy atom. The van der Waals surface area contributed by atoms with Crippen LogP contribution in [0.1, 0.15) is 22.3 Å². The molecule has 0 fully saturated rings. The first-order valence-electron chi connectivity index (χ1n) is 11.4. The molecular formula is C32H28IrN2-2. The van der Waals surface area contributed by atoms with E-state index < -0.39 is 0 Å². The number of aromatic nitrogens is 2. The van der Waals surface area contributed by atoms with Crippen LogP contribution < -0.4 is 0 Å². The molecule has 0 unspecified atom stereocenters. The molecule has 35 heavy (non-hydrogen) atoms. The van der Waals surface area contributed by atoms with Crippen LogP contribution in [0.2, 0.25) is 0 Å². The summed E-state index contributed by atoms with van der Waals surface area (Å²) in [5.41, 5.74) is 11.4. The Hall–Kier alpha value is -3.39. The molecule has 2 nitrogen and oxygen atoms in total. The normalized spacial score (nSPS) is 10.1. The van der Waals surface area contributed by atoms with Gasteiger partial charge < -0.3 is 9.97 Å². The number of hydrogen-bond acceptors (Lipinski definition) is 2. The first-order chi connectivity index (χ1) is 16.5. The summed E-state index contributed by atoms with van der Waals surface area (Å²) in [6, 6.07) is 35.1. The minimum atomic E-state index is 0. The van der Waals surface area contributed by atoms with Gasteiger partial charge in [-0.2, -0.15) is 0 Å². The van der Waals surface area contributed by atoms with E-state index in [1.807, 2.05) is 60.9 Å². The van der Waals surface area contributed by atoms with Crippen molar-refractivity contribution < 1.29 is 20.1 Å². The Morgan fingerprint density at radius 3 is 1.86 bits per heavy atom. The van der Waals surface area contributed by atoms with Crippen LogP contribution >= 0.6 is 0 Å². The number of hydrogen-bond donors (Lipinski definition) is 0. The second-order valence-corrected chi connectivity index (χ2v) is 8.46. The maximum absolute atomic E-state index is 4.55. The molecule has 177 valence electrons. The van der Waals surface area contributed by atoms with Gasteiger partial charge in [0, 0.05) is 38.1 Å². The van der Waals surface area contributed by atoms with E-state index in [2.05, 4.69) is 86.2 Å². The van der Waals surface area contributed by atoms with Crippen molar-refractivity contribution in [1.29, 1.82) is 0 Å². The predicted octanol–water partition coefficient (Wildman–Crippen LogP) is 8.00. The standard InChI is InChI=1S/C18H14N.C14H14N.Ir/c1-14-12-18(16-10-6-3-7-11-16)19-13-17(14)15-8-4-2-5-9-15;1-10-4-6-13(7-5-10)14-8-11(2)12(3)9-15-14;/h2-10,12-13H,1H3;4-6,8-9H,1-3H3;/q2*-1;. The van der Waals surface area contributed by atoms with Crippen molar-refractivity contribution in [2.45, 2.75) is 27.7 Å². The van der Waals surface area contributed by atoms with Gasteiger partial charge in [-0.3, -0.25) is 0 Å². The van der Waals surface area contributed by atoms with Crippen LogP contribution in [0.25, 0.3) is 33.6 Å². The van der Waals surface area contributed by atoms with Gasteiger partial charge in [0.15, 0.2) is 0 Å². The van der Waals surface area contributed by atoms with Crippen LogP contribution in [-0.2, 0) is 20.1 Å². The van der Waals surface area contributed by atoms with Crippen LogP contribution in [0.4, 0.5) is 0 Å². The molecular weight excluding hydrogens is 605 g/mol. The molecule has 5 rings (SSSR count). The second-order valence-electron chi connectivity index (χ2n) is 8.46. The topological polar surface area (TPSA) is 25.8 Å². The Bertz CT molecular complexity index is 1360. The molecule has 0 atom stereocenters.